The third kappa shape index (κ3) is 11.6. The van der Waals surface area contributed by atoms with Crippen LogP contribution in [0, 0.1) is 16.9 Å². The number of thioether (sulfide) groups is 1. The van der Waals surface area contributed by atoms with Gasteiger partial charge < -0.3 is 0 Å². The molecule has 3 nitrogen and oxygen atoms in total. The second-order valence-corrected chi connectivity index (χ2v) is 10.5. The Labute approximate surface area is 135 Å². The standard InChI is InChI=1S/C14H25IN2OS/c1-13(2,3)7-8-17(11-16)12(18)6-9-19-10-14(4,5)15/h6-10H2,1-5H3. The predicted octanol–water partition coefficient (Wildman–Crippen LogP) is 4.07. The molecule has 0 heterocycles. The number of halogens is 1. The molecule has 0 aliphatic heterocycles. The van der Waals surface area contributed by atoms with Crippen LogP contribution in [0.4, 0.5) is 0 Å². The minimum atomic E-state index is -0.0504. The number of alkyl halides is 1. The maximum atomic E-state index is 11.9. The summed E-state index contributed by atoms with van der Waals surface area (Å²) in [6.45, 7) is 11.2. The van der Waals surface area contributed by atoms with Gasteiger partial charge in [-0.05, 0) is 11.8 Å². The molecule has 1 amide bonds. The molecule has 0 radical (unpaired) electrons. The van der Waals surface area contributed by atoms with Crippen LogP contribution in [0.5, 0.6) is 0 Å². The van der Waals surface area contributed by atoms with Crippen molar-refractivity contribution in [3.8, 4) is 6.19 Å². The van der Waals surface area contributed by atoms with Crippen LogP contribution in [0.2, 0.25) is 0 Å². The normalized spacial score (nSPS) is 12.1. The van der Waals surface area contributed by atoms with Crippen LogP contribution in [-0.2, 0) is 4.79 Å². The molecular formula is C14H25IN2OS. The van der Waals surface area contributed by atoms with Crippen molar-refractivity contribution < 1.29 is 4.79 Å². The van der Waals surface area contributed by atoms with E-state index in [0.717, 1.165) is 17.9 Å². The Kier molecular flexibility index (Phi) is 8.37. The average molecular weight is 396 g/mol. The Morgan fingerprint density at radius 3 is 2.32 bits per heavy atom. The van der Waals surface area contributed by atoms with E-state index in [4.69, 9.17) is 5.26 Å². The molecule has 0 aromatic heterocycles. The Balaban J connectivity index is 4.00. The van der Waals surface area contributed by atoms with Crippen molar-refractivity contribution in [2.75, 3.05) is 18.1 Å². The summed E-state index contributed by atoms with van der Waals surface area (Å²) in [6, 6.07) is 0. The van der Waals surface area contributed by atoms with Crippen molar-refractivity contribution in [3.63, 3.8) is 0 Å². The molecule has 0 saturated carbocycles. The van der Waals surface area contributed by atoms with Gasteiger partial charge in [-0.1, -0.05) is 57.2 Å². The lowest BCUT2D eigenvalue weighted by Gasteiger charge is -2.21. The Morgan fingerprint density at radius 1 is 1.32 bits per heavy atom. The van der Waals surface area contributed by atoms with Gasteiger partial charge >= 0.3 is 0 Å². The molecule has 0 N–H and O–H groups in total. The number of nitriles is 1. The van der Waals surface area contributed by atoms with Gasteiger partial charge in [-0.2, -0.15) is 17.0 Å². The summed E-state index contributed by atoms with van der Waals surface area (Å²) in [4.78, 5) is 13.2. The summed E-state index contributed by atoms with van der Waals surface area (Å²) >= 11 is 4.18. The molecule has 0 aromatic carbocycles. The highest BCUT2D eigenvalue weighted by Crippen LogP contribution is 2.23. The third-order valence-corrected chi connectivity index (χ3v) is 4.73. The molecule has 0 bridgehead atoms. The fourth-order valence-corrected chi connectivity index (χ4v) is 2.90. The average Bonchev–Trinajstić information content (AvgIpc) is 2.22. The minimum absolute atomic E-state index is 0.0504. The van der Waals surface area contributed by atoms with E-state index in [1.807, 2.05) is 6.19 Å². The number of hydrogen-bond donors (Lipinski definition) is 0. The second-order valence-electron chi connectivity index (χ2n) is 6.48. The summed E-state index contributed by atoms with van der Waals surface area (Å²) in [5.41, 5.74) is 0.148. The third-order valence-electron chi connectivity index (χ3n) is 2.41. The fourth-order valence-electron chi connectivity index (χ4n) is 1.29. The highest BCUT2D eigenvalue weighted by atomic mass is 127. The molecule has 0 rings (SSSR count). The summed E-state index contributed by atoms with van der Waals surface area (Å²) in [5.74, 6) is 1.76. The van der Waals surface area contributed by atoms with E-state index in [1.54, 1.807) is 11.8 Å². The number of rotatable bonds is 7. The van der Waals surface area contributed by atoms with Crippen molar-refractivity contribution >= 4 is 40.3 Å². The molecule has 19 heavy (non-hydrogen) atoms. The van der Waals surface area contributed by atoms with Gasteiger partial charge in [0, 0.05) is 27.9 Å². The van der Waals surface area contributed by atoms with E-state index in [9.17, 15) is 4.79 Å². The molecule has 0 fully saturated rings. The van der Waals surface area contributed by atoms with E-state index in [2.05, 4.69) is 57.2 Å². The van der Waals surface area contributed by atoms with Gasteiger partial charge in [-0.3, -0.25) is 4.79 Å². The molecule has 110 valence electrons. The Bertz CT molecular complexity index is 326. The van der Waals surface area contributed by atoms with Gasteiger partial charge in [0.15, 0.2) is 6.19 Å². The maximum absolute atomic E-state index is 11.9. The summed E-state index contributed by atoms with van der Waals surface area (Å²) in [6.07, 6.45) is 3.31. The fraction of sp³-hybridized carbons (Fsp3) is 0.857. The molecule has 5 heteroatoms. The number of carbonyl (C=O) groups is 1. The van der Waals surface area contributed by atoms with Crippen LogP contribution >= 0.6 is 34.4 Å². The first-order valence-electron chi connectivity index (χ1n) is 6.52. The van der Waals surface area contributed by atoms with Crippen molar-refractivity contribution in [3.05, 3.63) is 0 Å². The van der Waals surface area contributed by atoms with Crippen molar-refractivity contribution in [1.82, 2.24) is 4.90 Å². The first-order valence-corrected chi connectivity index (χ1v) is 8.75. The van der Waals surface area contributed by atoms with Gasteiger partial charge in [0.05, 0.1) is 0 Å². The first kappa shape index (κ1) is 19.0. The zero-order chi connectivity index (χ0) is 15.1. The Morgan fingerprint density at radius 2 is 1.89 bits per heavy atom. The van der Waals surface area contributed by atoms with Crippen molar-refractivity contribution in [2.24, 2.45) is 5.41 Å². The van der Waals surface area contributed by atoms with Crippen molar-refractivity contribution in [1.29, 1.82) is 5.26 Å². The maximum Gasteiger partial charge on any atom is 0.236 e. The number of carbonyl (C=O) groups excluding carboxylic acids is 1. The predicted molar refractivity (Wildman–Crippen MR) is 91.4 cm³/mol. The molecule has 0 aliphatic carbocycles. The smallest absolute Gasteiger partial charge is 0.236 e. The molecule has 0 aliphatic rings. The summed E-state index contributed by atoms with van der Waals surface area (Å²) in [5, 5.41) is 9.03. The van der Waals surface area contributed by atoms with E-state index >= 15 is 0 Å². The van der Waals surface area contributed by atoms with Crippen LogP contribution in [0.25, 0.3) is 0 Å². The monoisotopic (exact) mass is 396 g/mol. The van der Waals surface area contributed by atoms with Crippen LogP contribution in [0.1, 0.15) is 47.5 Å². The quantitative estimate of drug-likeness (QED) is 0.214. The minimum Gasteiger partial charge on any atom is -0.274 e. The van der Waals surface area contributed by atoms with Gasteiger partial charge in [0.1, 0.15) is 0 Å². The SMILES string of the molecule is CC(C)(C)CCN(C#N)C(=O)CCSCC(C)(C)I. The van der Waals surface area contributed by atoms with Crippen molar-refractivity contribution in [2.45, 2.75) is 50.9 Å². The summed E-state index contributed by atoms with van der Waals surface area (Å²) < 4.78 is 0.257. The zero-order valence-corrected chi connectivity index (χ0v) is 15.6. The van der Waals surface area contributed by atoms with Gasteiger partial charge in [0.2, 0.25) is 5.91 Å². The second kappa shape index (κ2) is 8.35. The van der Waals surface area contributed by atoms with Crippen LogP contribution in [0.3, 0.4) is 0 Å². The largest absolute Gasteiger partial charge is 0.274 e. The van der Waals surface area contributed by atoms with E-state index in [1.165, 1.54) is 4.90 Å². The van der Waals surface area contributed by atoms with Gasteiger partial charge in [-0.25, -0.2) is 4.90 Å². The molecule has 0 atom stereocenters. The molecular weight excluding hydrogens is 371 g/mol. The first-order chi connectivity index (χ1) is 8.55. The lowest BCUT2D eigenvalue weighted by atomic mass is 9.92. The number of nitrogens with zero attached hydrogens (tertiary/aromatic N) is 2. The Hall–Kier alpha value is 0.0400. The van der Waals surface area contributed by atoms with E-state index in [-0.39, 0.29) is 14.7 Å². The lowest BCUT2D eigenvalue weighted by Crippen LogP contribution is -2.29. The molecule has 0 saturated heterocycles. The van der Waals surface area contributed by atoms with E-state index in [0.29, 0.717) is 13.0 Å². The number of amides is 1. The topological polar surface area (TPSA) is 44.1 Å². The molecule has 0 spiro atoms. The van der Waals surface area contributed by atoms with Crippen LogP contribution in [-0.4, -0.2) is 32.3 Å². The number of hydrogen-bond acceptors (Lipinski definition) is 3. The molecule has 0 aromatic rings. The van der Waals surface area contributed by atoms with Crippen LogP contribution in [0.15, 0.2) is 0 Å². The van der Waals surface area contributed by atoms with Gasteiger partial charge in [-0.15, -0.1) is 0 Å². The highest BCUT2D eigenvalue weighted by Gasteiger charge is 2.18. The van der Waals surface area contributed by atoms with Gasteiger partial charge in [0.25, 0.3) is 0 Å². The highest BCUT2D eigenvalue weighted by molar-refractivity contribution is 14.1. The van der Waals surface area contributed by atoms with Crippen LogP contribution < -0.4 is 0 Å². The zero-order valence-electron chi connectivity index (χ0n) is 12.6. The molecule has 0 unspecified atom stereocenters. The lowest BCUT2D eigenvalue weighted by molar-refractivity contribution is -0.127. The van der Waals surface area contributed by atoms with E-state index < -0.39 is 0 Å². The summed E-state index contributed by atoms with van der Waals surface area (Å²) in [7, 11) is 0.